The second-order valence-corrected chi connectivity index (χ2v) is 6.25. The molecule has 1 aromatic rings. The predicted octanol–water partition coefficient (Wildman–Crippen LogP) is 1.41. The SMILES string of the molecule is COC(=O)CSCc1cccc(NC(=O)[C@H]2NCCO[C@@H]2C)c1. The molecule has 0 unspecified atom stereocenters. The summed E-state index contributed by atoms with van der Waals surface area (Å²) < 4.78 is 10.1. The number of amides is 1. The Morgan fingerprint density at radius 1 is 1.48 bits per heavy atom. The lowest BCUT2D eigenvalue weighted by Crippen LogP contribution is -2.53. The number of hydrogen-bond acceptors (Lipinski definition) is 6. The van der Waals surface area contributed by atoms with E-state index in [1.165, 1.54) is 18.9 Å². The average molecular weight is 338 g/mol. The van der Waals surface area contributed by atoms with E-state index in [4.69, 9.17) is 4.74 Å². The molecule has 23 heavy (non-hydrogen) atoms. The highest BCUT2D eigenvalue weighted by Crippen LogP contribution is 2.17. The minimum absolute atomic E-state index is 0.100. The van der Waals surface area contributed by atoms with Crippen molar-refractivity contribution in [3.8, 4) is 0 Å². The van der Waals surface area contributed by atoms with Gasteiger partial charge in [-0.3, -0.25) is 9.59 Å². The first-order valence-corrected chi connectivity index (χ1v) is 8.65. The number of anilines is 1. The average Bonchev–Trinajstić information content (AvgIpc) is 2.55. The highest BCUT2D eigenvalue weighted by molar-refractivity contribution is 7.99. The van der Waals surface area contributed by atoms with Crippen LogP contribution >= 0.6 is 11.8 Å². The van der Waals surface area contributed by atoms with Crippen molar-refractivity contribution in [1.29, 1.82) is 0 Å². The standard InChI is InChI=1S/C16H22N2O4S/c1-11-15(17-6-7-22-11)16(20)18-13-5-3-4-12(8-13)9-23-10-14(19)21-2/h3-5,8,11,15,17H,6-7,9-10H2,1-2H3,(H,18,20)/t11-,15+/m1/s1. The van der Waals surface area contributed by atoms with Crippen LogP contribution in [-0.4, -0.2) is 50.0 Å². The first kappa shape index (κ1) is 17.8. The smallest absolute Gasteiger partial charge is 0.315 e. The van der Waals surface area contributed by atoms with Gasteiger partial charge in [-0.2, -0.15) is 0 Å². The Kier molecular flexibility index (Phi) is 6.88. The van der Waals surface area contributed by atoms with E-state index in [0.717, 1.165) is 11.3 Å². The highest BCUT2D eigenvalue weighted by Gasteiger charge is 2.28. The van der Waals surface area contributed by atoms with Crippen molar-refractivity contribution in [2.75, 3.05) is 31.3 Å². The highest BCUT2D eigenvalue weighted by atomic mass is 32.2. The molecule has 2 rings (SSSR count). The van der Waals surface area contributed by atoms with Crippen LogP contribution in [-0.2, 0) is 24.8 Å². The van der Waals surface area contributed by atoms with Crippen LogP contribution in [0.3, 0.4) is 0 Å². The lowest BCUT2D eigenvalue weighted by Gasteiger charge is -2.29. The van der Waals surface area contributed by atoms with Crippen LogP contribution in [0, 0.1) is 0 Å². The number of rotatable bonds is 6. The third-order valence-corrected chi connectivity index (χ3v) is 4.49. The molecule has 0 bridgehead atoms. The lowest BCUT2D eigenvalue weighted by atomic mass is 10.1. The second kappa shape index (κ2) is 8.90. The molecular formula is C16H22N2O4S. The van der Waals surface area contributed by atoms with Crippen molar-refractivity contribution in [3.63, 3.8) is 0 Å². The van der Waals surface area contributed by atoms with Crippen LogP contribution in [0.4, 0.5) is 5.69 Å². The first-order valence-electron chi connectivity index (χ1n) is 7.49. The Bertz CT molecular complexity index is 553. The first-order chi connectivity index (χ1) is 11.1. The van der Waals surface area contributed by atoms with Gasteiger partial charge in [0.2, 0.25) is 5.91 Å². The van der Waals surface area contributed by atoms with Gasteiger partial charge in [-0.05, 0) is 24.6 Å². The van der Waals surface area contributed by atoms with Crippen molar-refractivity contribution in [2.45, 2.75) is 24.8 Å². The Labute approximate surface area is 140 Å². The molecule has 0 aromatic heterocycles. The fraction of sp³-hybridized carbons (Fsp3) is 0.500. The van der Waals surface area contributed by atoms with Crippen LogP contribution in [0.1, 0.15) is 12.5 Å². The number of hydrogen-bond donors (Lipinski definition) is 2. The molecule has 2 atom stereocenters. The van der Waals surface area contributed by atoms with Gasteiger partial charge in [0.15, 0.2) is 0 Å². The van der Waals surface area contributed by atoms with Gasteiger partial charge < -0.3 is 20.1 Å². The molecule has 1 saturated heterocycles. The van der Waals surface area contributed by atoms with Gasteiger partial charge >= 0.3 is 5.97 Å². The largest absolute Gasteiger partial charge is 0.468 e. The van der Waals surface area contributed by atoms with Gasteiger partial charge in [-0.1, -0.05) is 12.1 Å². The summed E-state index contributed by atoms with van der Waals surface area (Å²) in [5, 5.41) is 6.07. The lowest BCUT2D eigenvalue weighted by molar-refractivity contribution is -0.137. The summed E-state index contributed by atoms with van der Waals surface area (Å²) >= 11 is 1.48. The van der Waals surface area contributed by atoms with Gasteiger partial charge in [0.25, 0.3) is 0 Å². The van der Waals surface area contributed by atoms with Crippen LogP contribution in [0.2, 0.25) is 0 Å². The number of morpholine rings is 1. The second-order valence-electron chi connectivity index (χ2n) is 5.27. The van der Waals surface area contributed by atoms with Gasteiger partial charge in [0.05, 0.1) is 25.6 Å². The monoisotopic (exact) mass is 338 g/mol. The van der Waals surface area contributed by atoms with Crippen molar-refractivity contribution >= 4 is 29.3 Å². The normalized spacial score (nSPS) is 20.8. The number of carbonyl (C=O) groups is 2. The Morgan fingerprint density at radius 3 is 3.04 bits per heavy atom. The number of methoxy groups -OCH3 is 1. The predicted molar refractivity (Wildman–Crippen MR) is 90.5 cm³/mol. The Morgan fingerprint density at radius 2 is 2.30 bits per heavy atom. The Hall–Kier alpha value is -1.57. The van der Waals surface area contributed by atoms with Crippen molar-refractivity contribution in [3.05, 3.63) is 29.8 Å². The molecule has 1 aliphatic rings. The zero-order chi connectivity index (χ0) is 16.7. The quantitative estimate of drug-likeness (QED) is 0.764. The molecule has 0 radical (unpaired) electrons. The number of ether oxygens (including phenoxy) is 2. The van der Waals surface area contributed by atoms with Gasteiger partial charge in [-0.15, -0.1) is 11.8 Å². The minimum Gasteiger partial charge on any atom is -0.468 e. The van der Waals surface area contributed by atoms with E-state index < -0.39 is 0 Å². The summed E-state index contributed by atoms with van der Waals surface area (Å²) in [4.78, 5) is 23.4. The number of benzene rings is 1. The molecule has 1 fully saturated rings. The third-order valence-electron chi connectivity index (χ3n) is 3.51. The maximum Gasteiger partial charge on any atom is 0.315 e. The number of thioether (sulfide) groups is 1. The third kappa shape index (κ3) is 5.53. The maximum atomic E-state index is 12.3. The molecular weight excluding hydrogens is 316 g/mol. The van der Waals surface area contributed by atoms with E-state index in [-0.39, 0.29) is 24.0 Å². The van der Waals surface area contributed by atoms with Crippen LogP contribution in [0.5, 0.6) is 0 Å². The summed E-state index contributed by atoms with van der Waals surface area (Å²) in [6.45, 7) is 3.18. The van der Waals surface area contributed by atoms with Gasteiger partial charge in [0.1, 0.15) is 6.04 Å². The van der Waals surface area contributed by atoms with Crippen molar-refractivity contribution in [2.24, 2.45) is 0 Å². The summed E-state index contributed by atoms with van der Waals surface area (Å²) in [6, 6.07) is 7.26. The molecule has 0 spiro atoms. The van der Waals surface area contributed by atoms with Crippen molar-refractivity contribution in [1.82, 2.24) is 5.32 Å². The summed E-state index contributed by atoms with van der Waals surface area (Å²) in [7, 11) is 1.38. The van der Waals surface area contributed by atoms with E-state index in [9.17, 15) is 9.59 Å². The summed E-state index contributed by atoms with van der Waals surface area (Å²) in [6.07, 6.45) is -0.150. The number of esters is 1. The fourth-order valence-electron chi connectivity index (χ4n) is 2.30. The van der Waals surface area contributed by atoms with E-state index in [1.807, 2.05) is 31.2 Å². The molecule has 7 heteroatoms. The number of nitrogens with one attached hydrogen (secondary N) is 2. The molecule has 0 saturated carbocycles. The molecule has 1 heterocycles. The van der Waals surface area contributed by atoms with E-state index in [2.05, 4.69) is 15.4 Å². The summed E-state index contributed by atoms with van der Waals surface area (Å²) in [5.74, 6) is 0.655. The van der Waals surface area contributed by atoms with Crippen LogP contribution in [0.25, 0.3) is 0 Å². The van der Waals surface area contributed by atoms with E-state index in [1.54, 1.807) is 0 Å². The zero-order valence-electron chi connectivity index (χ0n) is 13.3. The zero-order valence-corrected chi connectivity index (χ0v) is 14.2. The molecule has 1 aliphatic heterocycles. The molecule has 1 aromatic carbocycles. The molecule has 126 valence electrons. The van der Waals surface area contributed by atoms with Crippen LogP contribution in [0.15, 0.2) is 24.3 Å². The van der Waals surface area contributed by atoms with E-state index >= 15 is 0 Å². The van der Waals surface area contributed by atoms with Crippen LogP contribution < -0.4 is 10.6 Å². The van der Waals surface area contributed by atoms with E-state index in [0.29, 0.717) is 24.7 Å². The topological polar surface area (TPSA) is 76.7 Å². The number of carbonyl (C=O) groups excluding carboxylic acids is 2. The molecule has 2 N–H and O–H groups in total. The molecule has 6 nitrogen and oxygen atoms in total. The Balaban J connectivity index is 1.89. The maximum absolute atomic E-state index is 12.3. The minimum atomic E-state index is -0.346. The summed E-state index contributed by atoms with van der Waals surface area (Å²) in [5.41, 5.74) is 1.78. The molecule has 1 amide bonds. The van der Waals surface area contributed by atoms with Crippen molar-refractivity contribution < 1.29 is 19.1 Å². The molecule has 0 aliphatic carbocycles. The van der Waals surface area contributed by atoms with Gasteiger partial charge in [0, 0.05) is 18.0 Å². The van der Waals surface area contributed by atoms with Gasteiger partial charge in [-0.25, -0.2) is 0 Å². The fourth-order valence-corrected chi connectivity index (χ4v) is 3.10.